The molecule has 0 radical (unpaired) electrons. The summed E-state index contributed by atoms with van der Waals surface area (Å²) >= 11 is 2.27. The summed E-state index contributed by atoms with van der Waals surface area (Å²) in [5.41, 5.74) is 0.955. The standard InChI is InChI=1S/C10H8N4O2S3/c1-6-5-11-10(17-6)14-19(15,16)8-4-2-3-7-9(8)13-18-12-7/h2-5H,1H3,(H,11,14). The molecule has 0 bridgehead atoms. The molecule has 2 aromatic heterocycles. The van der Waals surface area contributed by atoms with E-state index in [2.05, 4.69) is 18.5 Å². The third kappa shape index (κ3) is 2.31. The van der Waals surface area contributed by atoms with Crippen molar-refractivity contribution >= 4 is 49.3 Å². The summed E-state index contributed by atoms with van der Waals surface area (Å²) in [6.07, 6.45) is 1.62. The molecule has 0 aliphatic rings. The second-order valence-corrected chi connectivity index (χ2v) is 7.18. The van der Waals surface area contributed by atoms with Crippen molar-refractivity contribution < 1.29 is 8.42 Å². The van der Waals surface area contributed by atoms with E-state index in [1.54, 1.807) is 18.3 Å². The van der Waals surface area contributed by atoms with Gasteiger partial charge in [0.25, 0.3) is 10.0 Å². The Morgan fingerprint density at radius 3 is 2.84 bits per heavy atom. The van der Waals surface area contributed by atoms with Crippen LogP contribution < -0.4 is 4.72 Å². The highest BCUT2D eigenvalue weighted by Gasteiger charge is 2.20. The van der Waals surface area contributed by atoms with Crippen LogP contribution in [0.1, 0.15) is 4.88 Å². The van der Waals surface area contributed by atoms with Gasteiger partial charge in [-0.2, -0.15) is 8.75 Å². The van der Waals surface area contributed by atoms with Crippen LogP contribution in [0.4, 0.5) is 5.13 Å². The number of rotatable bonds is 3. The van der Waals surface area contributed by atoms with Gasteiger partial charge in [-0.3, -0.25) is 4.72 Å². The lowest BCUT2D eigenvalue weighted by Crippen LogP contribution is -2.13. The number of anilines is 1. The Morgan fingerprint density at radius 2 is 2.11 bits per heavy atom. The first-order valence-corrected chi connectivity index (χ1v) is 8.26. The van der Waals surface area contributed by atoms with Crippen LogP contribution in [-0.2, 0) is 10.0 Å². The molecule has 0 saturated heterocycles. The van der Waals surface area contributed by atoms with Crippen LogP contribution in [0.25, 0.3) is 11.0 Å². The summed E-state index contributed by atoms with van der Waals surface area (Å²) < 4.78 is 35.1. The van der Waals surface area contributed by atoms with E-state index in [9.17, 15) is 8.42 Å². The summed E-state index contributed by atoms with van der Waals surface area (Å²) in [5, 5.41) is 0.345. The van der Waals surface area contributed by atoms with Crippen molar-refractivity contribution in [3.05, 3.63) is 29.3 Å². The summed E-state index contributed by atoms with van der Waals surface area (Å²) in [6.45, 7) is 1.86. The molecule has 0 aliphatic heterocycles. The van der Waals surface area contributed by atoms with Gasteiger partial charge in [0.05, 0.1) is 11.7 Å². The van der Waals surface area contributed by atoms with E-state index in [1.807, 2.05) is 6.92 Å². The zero-order valence-electron chi connectivity index (χ0n) is 9.69. The predicted octanol–water partition coefficient (Wildman–Crippen LogP) is 2.26. The molecule has 0 unspecified atom stereocenters. The van der Waals surface area contributed by atoms with Crippen molar-refractivity contribution in [2.75, 3.05) is 4.72 Å². The molecule has 0 spiro atoms. The Kier molecular flexibility index (Phi) is 2.96. The lowest BCUT2D eigenvalue weighted by Gasteiger charge is -2.04. The number of hydrogen-bond acceptors (Lipinski definition) is 7. The van der Waals surface area contributed by atoms with E-state index in [4.69, 9.17) is 0 Å². The van der Waals surface area contributed by atoms with Crippen LogP contribution >= 0.6 is 23.1 Å². The molecule has 2 heterocycles. The van der Waals surface area contributed by atoms with Gasteiger partial charge in [0.15, 0.2) is 5.13 Å². The van der Waals surface area contributed by atoms with Crippen LogP contribution in [0.15, 0.2) is 29.3 Å². The molecule has 9 heteroatoms. The fourth-order valence-electron chi connectivity index (χ4n) is 1.57. The molecule has 98 valence electrons. The number of aromatic nitrogens is 3. The Hall–Kier alpha value is -1.58. The van der Waals surface area contributed by atoms with Crippen LogP contribution in [-0.4, -0.2) is 22.1 Å². The van der Waals surface area contributed by atoms with Gasteiger partial charge in [-0.1, -0.05) is 6.07 Å². The van der Waals surface area contributed by atoms with Gasteiger partial charge in [-0.05, 0) is 19.1 Å². The number of benzene rings is 1. The van der Waals surface area contributed by atoms with Crippen LogP contribution in [0.3, 0.4) is 0 Å². The average molecular weight is 312 g/mol. The minimum absolute atomic E-state index is 0.117. The molecule has 1 aromatic carbocycles. The molecule has 0 aliphatic carbocycles. The van der Waals surface area contributed by atoms with Crippen LogP contribution in [0.2, 0.25) is 0 Å². The van der Waals surface area contributed by atoms with E-state index in [0.717, 1.165) is 16.6 Å². The summed E-state index contributed by atoms with van der Waals surface area (Å²) in [7, 11) is -3.69. The number of nitrogens with zero attached hydrogens (tertiary/aromatic N) is 3. The monoisotopic (exact) mass is 312 g/mol. The van der Waals surface area contributed by atoms with Gasteiger partial charge >= 0.3 is 0 Å². The first-order chi connectivity index (χ1) is 9.06. The number of fused-ring (bicyclic) bond motifs is 1. The van der Waals surface area contributed by atoms with E-state index < -0.39 is 10.0 Å². The Morgan fingerprint density at radius 1 is 1.26 bits per heavy atom. The average Bonchev–Trinajstić information content (AvgIpc) is 2.96. The van der Waals surface area contributed by atoms with Crippen molar-refractivity contribution in [2.45, 2.75) is 11.8 Å². The minimum atomic E-state index is -3.69. The maximum atomic E-state index is 12.3. The van der Waals surface area contributed by atoms with Crippen molar-refractivity contribution in [3.8, 4) is 0 Å². The molecule has 1 N–H and O–H groups in total. The fraction of sp³-hybridized carbons (Fsp3) is 0.100. The van der Waals surface area contributed by atoms with E-state index in [1.165, 1.54) is 17.4 Å². The minimum Gasteiger partial charge on any atom is -0.255 e. The van der Waals surface area contributed by atoms with Gasteiger partial charge in [0, 0.05) is 11.1 Å². The van der Waals surface area contributed by atoms with Crippen molar-refractivity contribution in [1.29, 1.82) is 0 Å². The summed E-state index contributed by atoms with van der Waals surface area (Å²) in [4.78, 5) is 5.04. The molecule has 0 saturated carbocycles. The predicted molar refractivity (Wildman–Crippen MR) is 75.1 cm³/mol. The second-order valence-electron chi connectivity index (χ2n) is 3.77. The van der Waals surface area contributed by atoms with Crippen molar-refractivity contribution in [1.82, 2.24) is 13.7 Å². The molecule has 0 fully saturated rings. The molecule has 6 nitrogen and oxygen atoms in total. The topological polar surface area (TPSA) is 84.8 Å². The van der Waals surface area contributed by atoms with E-state index in [-0.39, 0.29) is 4.90 Å². The van der Waals surface area contributed by atoms with Crippen molar-refractivity contribution in [2.24, 2.45) is 0 Å². The maximum Gasteiger partial charge on any atom is 0.265 e. The van der Waals surface area contributed by atoms with Gasteiger partial charge < -0.3 is 0 Å². The number of thiazole rings is 1. The highest BCUT2D eigenvalue weighted by molar-refractivity contribution is 7.93. The number of nitrogens with one attached hydrogen (secondary N) is 1. The summed E-state index contributed by atoms with van der Waals surface area (Å²) in [6, 6.07) is 4.88. The highest BCUT2D eigenvalue weighted by Crippen LogP contribution is 2.25. The van der Waals surface area contributed by atoms with Crippen molar-refractivity contribution in [3.63, 3.8) is 0 Å². The second kappa shape index (κ2) is 4.51. The number of hydrogen-bond donors (Lipinski definition) is 1. The quantitative estimate of drug-likeness (QED) is 0.802. The molecular weight excluding hydrogens is 304 g/mol. The van der Waals surface area contributed by atoms with Gasteiger partial charge in [0.2, 0.25) is 0 Å². The third-order valence-electron chi connectivity index (χ3n) is 2.38. The van der Waals surface area contributed by atoms with E-state index >= 15 is 0 Å². The molecule has 3 rings (SSSR count). The Bertz CT molecular complexity index is 837. The van der Waals surface area contributed by atoms with Gasteiger partial charge in [-0.25, -0.2) is 13.4 Å². The van der Waals surface area contributed by atoms with Gasteiger partial charge in [-0.15, -0.1) is 11.3 Å². The SMILES string of the molecule is Cc1cnc(NS(=O)(=O)c2cccc3nsnc23)s1. The largest absolute Gasteiger partial charge is 0.265 e. The fourth-order valence-corrected chi connectivity index (χ4v) is 4.24. The lowest BCUT2D eigenvalue weighted by atomic mass is 10.3. The van der Waals surface area contributed by atoms with Crippen LogP contribution in [0.5, 0.6) is 0 Å². The smallest absolute Gasteiger partial charge is 0.255 e. The lowest BCUT2D eigenvalue weighted by molar-refractivity contribution is 0.602. The van der Waals surface area contributed by atoms with E-state index in [0.29, 0.717) is 16.2 Å². The molecule has 0 atom stereocenters. The zero-order chi connectivity index (χ0) is 13.5. The molecule has 0 amide bonds. The third-order valence-corrected chi connectivity index (χ3v) is 5.25. The number of aryl methyl sites for hydroxylation is 1. The first kappa shape index (κ1) is 12.5. The zero-order valence-corrected chi connectivity index (χ0v) is 12.1. The van der Waals surface area contributed by atoms with Crippen LogP contribution in [0, 0.1) is 6.92 Å². The number of sulfonamides is 1. The highest BCUT2D eigenvalue weighted by atomic mass is 32.2. The van der Waals surface area contributed by atoms with Gasteiger partial charge in [0.1, 0.15) is 15.9 Å². The summed E-state index contributed by atoms with van der Waals surface area (Å²) in [5.74, 6) is 0. The molecule has 19 heavy (non-hydrogen) atoms. The molecule has 3 aromatic rings. The Labute approximate surface area is 117 Å². The first-order valence-electron chi connectivity index (χ1n) is 5.23. The Balaban J connectivity index is 2.07. The maximum absolute atomic E-state index is 12.3. The molecular formula is C10H8N4O2S3. The normalized spacial score (nSPS) is 11.8.